The molecule has 5 nitrogen and oxygen atoms in total. The smallest absolute Gasteiger partial charge is 0.153 e. The van der Waals surface area contributed by atoms with Gasteiger partial charge < -0.3 is 0 Å². The molecule has 0 saturated carbocycles. The number of hydrazine groups is 1. The molecule has 0 aliphatic rings. The summed E-state index contributed by atoms with van der Waals surface area (Å²) in [6.45, 7) is 2.05. The van der Waals surface area contributed by atoms with Crippen molar-refractivity contribution in [3.05, 3.63) is 10.3 Å². The molecule has 1 rings (SSSR count). The summed E-state index contributed by atoms with van der Waals surface area (Å²) in [5.74, 6) is 5.37. The number of rotatable bonds is 3. The van der Waals surface area contributed by atoms with E-state index < -0.39 is 0 Å². The Morgan fingerprint density at radius 1 is 1.75 bits per heavy atom. The number of nitrogens with one attached hydrogen (secondary N) is 1. The zero-order chi connectivity index (χ0) is 9.14. The molecule has 6 heteroatoms. The maximum absolute atomic E-state index is 5.37. The molecule has 1 aromatic heterocycles. The van der Waals surface area contributed by atoms with Crippen LogP contribution in [0.4, 0.5) is 0 Å². The molecule has 3 N–H and O–H groups in total. The third-order valence-corrected chi connectivity index (χ3v) is 2.33. The lowest BCUT2D eigenvalue weighted by Gasteiger charge is -2.12. The molecular formula is C6H12BrN5. The fraction of sp³-hybridized carbons (Fsp3) is 0.667. The van der Waals surface area contributed by atoms with E-state index >= 15 is 0 Å². The van der Waals surface area contributed by atoms with Gasteiger partial charge in [-0.2, -0.15) is 0 Å². The van der Waals surface area contributed by atoms with E-state index in [-0.39, 0.29) is 6.04 Å². The van der Waals surface area contributed by atoms with Crippen molar-refractivity contribution in [3.63, 3.8) is 0 Å². The van der Waals surface area contributed by atoms with E-state index in [2.05, 4.69) is 31.7 Å². The largest absolute Gasteiger partial charge is 0.271 e. The molecule has 0 aliphatic carbocycles. The normalized spacial score (nSPS) is 13.3. The predicted molar refractivity (Wildman–Crippen MR) is 49.1 cm³/mol. The first-order chi connectivity index (χ1) is 5.70. The van der Waals surface area contributed by atoms with Crippen LogP contribution in [0.2, 0.25) is 0 Å². The van der Waals surface area contributed by atoms with Crippen molar-refractivity contribution in [1.82, 2.24) is 20.4 Å². The lowest BCUT2D eigenvalue weighted by atomic mass is 10.2. The number of nitrogens with zero attached hydrogens (tertiary/aromatic N) is 3. The van der Waals surface area contributed by atoms with Crippen LogP contribution in [0.5, 0.6) is 0 Å². The van der Waals surface area contributed by atoms with Crippen molar-refractivity contribution in [2.75, 3.05) is 0 Å². The Morgan fingerprint density at radius 3 is 2.75 bits per heavy atom. The topological polar surface area (TPSA) is 68.8 Å². The van der Waals surface area contributed by atoms with Gasteiger partial charge in [-0.05, 0) is 22.4 Å². The van der Waals surface area contributed by atoms with Gasteiger partial charge in [-0.25, -0.2) is 4.68 Å². The summed E-state index contributed by atoms with van der Waals surface area (Å²) in [5, 5.41) is 7.72. The van der Waals surface area contributed by atoms with Crippen LogP contribution in [0.15, 0.2) is 4.60 Å². The minimum atomic E-state index is 0.0966. The summed E-state index contributed by atoms with van der Waals surface area (Å²) in [4.78, 5) is 0. The fourth-order valence-electron chi connectivity index (χ4n) is 1.10. The summed E-state index contributed by atoms with van der Waals surface area (Å²) in [6.07, 6.45) is 0.899. The maximum Gasteiger partial charge on any atom is 0.153 e. The summed E-state index contributed by atoms with van der Waals surface area (Å²) in [7, 11) is 1.84. The van der Waals surface area contributed by atoms with Crippen LogP contribution in [0.1, 0.15) is 25.1 Å². The van der Waals surface area contributed by atoms with Gasteiger partial charge in [-0.3, -0.25) is 11.3 Å². The monoisotopic (exact) mass is 233 g/mol. The molecule has 0 bridgehead atoms. The van der Waals surface area contributed by atoms with E-state index in [4.69, 9.17) is 5.84 Å². The Labute approximate surface area is 79.4 Å². The van der Waals surface area contributed by atoms with Gasteiger partial charge >= 0.3 is 0 Å². The molecule has 1 aromatic rings. The fourth-order valence-corrected chi connectivity index (χ4v) is 1.70. The van der Waals surface area contributed by atoms with Gasteiger partial charge in [-0.15, -0.1) is 5.10 Å². The van der Waals surface area contributed by atoms with E-state index in [1.165, 1.54) is 0 Å². The van der Waals surface area contributed by atoms with Gasteiger partial charge in [0.1, 0.15) is 0 Å². The highest BCUT2D eigenvalue weighted by Gasteiger charge is 2.16. The van der Waals surface area contributed by atoms with Crippen LogP contribution in [-0.2, 0) is 7.05 Å². The third-order valence-electron chi connectivity index (χ3n) is 1.77. The van der Waals surface area contributed by atoms with Gasteiger partial charge in [0.15, 0.2) is 4.60 Å². The number of halogens is 1. The van der Waals surface area contributed by atoms with Crippen molar-refractivity contribution in [2.45, 2.75) is 19.4 Å². The van der Waals surface area contributed by atoms with E-state index in [9.17, 15) is 0 Å². The first-order valence-electron chi connectivity index (χ1n) is 3.71. The molecule has 0 radical (unpaired) electrons. The SMILES string of the molecule is CCC(NN)c1c(Br)nnn1C. The quantitative estimate of drug-likeness (QED) is 0.590. The predicted octanol–water partition coefficient (Wildman–Crippen LogP) is 0.492. The minimum Gasteiger partial charge on any atom is -0.271 e. The summed E-state index contributed by atoms with van der Waals surface area (Å²) >= 11 is 3.31. The number of aromatic nitrogens is 3. The van der Waals surface area contributed by atoms with E-state index in [0.717, 1.165) is 16.7 Å². The Hall–Kier alpha value is -0.460. The molecule has 0 fully saturated rings. The van der Waals surface area contributed by atoms with E-state index in [0.29, 0.717) is 0 Å². The molecular weight excluding hydrogens is 222 g/mol. The minimum absolute atomic E-state index is 0.0966. The van der Waals surface area contributed by atoms with Gasteiger partial charge in [-0.1, -0.05) is 12.1 Å². The average molecular weight is 234 g/mol. The van der Waals surface area contributed by atoms with Crippen molar-refractivity contribution in [2.24, 2.45) is 12.9 Å². The lowest BCUT2D eigenvalue weighted by molar-refractivity contribution is 0.495. The lowest BCUT2D eigenvalue weighted by Crippen LogP contribution is -2.29. The Balaban J connectivity index is 2.98. The number of nitrogens with two attached hydrogens (primary N) is 1. The molecule has 0 spiro atoms. The van der Waals surface area contributed by atoms with Crippen molar-refractivity contribution >= 4 is 15.9 Å². The van der Waals surface area contributed by atoms with E-state index in [1.807, 2.05) is 14.0 Å². The molecule has 1 atom stereocenters. The van der Waals surface area contributed by atoms with Crippen LogP contribution in [0.3, 0.4) is 0 Å². The maximum atomic E-state index is 5.37. The summed E-state index contributed by atoms with van der Waals surface area (Å²) < 4.78 is 2.45. The number of aryl methyl sites for hydroxylation is 1. The summed E-state index contributed by atoms with van der Waals surface area (Å²) in [5.41, 5.74) is 3.68. The van der Waals surface area contributed by atoms with Crippen molar-refractivity contribution in [1.29, 1.82) is 0 Å². The van der Waals surface area contributed by atoms with E-state index in [1.54, 1.807) is 4.68 Å². The first kappa shape index (κ1) is 9.63. The van der Waals surface area contributed by atoms with Crippen LogP contribution in [0, 0.1) is 0 Å². The van der Waals surface area contributed by atoms with Crippen LogP contribution >= 0.6 is 15.9 Å². The standard InChI is InChI=1S/C6H12BrN5/c1-3-4(9-8)5-6(7)10-11-12(5)2/h4,9H,3,8H2,1-2H3. The highest BCUT2D eigenvalue weighted by atomic mass is 79.9. The van der Waals surface area contributed by atoms with Crippen molar-refractivity contribution in [3.8, 4) is 0 Å². The van der Waals surface area contributed by atoms with Crippen LogP contribution < -0.4 is 11.3 Å². The molecule has 1 heterocycles. The number of hydrogen-bond donors (Lipinski definition) is 2. The molecule has 0 aromatic carbocycles. The highest BCUT2D eigenvalue weighted by molar-refractivity contribution is 9.10. The average Bonchev–Trinajstić information content (AvgIpc) is 2.38. The molecule has 0 saturated heterocycles. The molecule has 1 unspecified atom stereocenters. The molecule has 0 aliphatic heterocycles. The first-order valence-corrected chi connectivity index (χ1v) is 4.51. The summed E-state index contributed by atoms with van der Waals surface area (Å²) in [6, 6.07) is 0.0966. The zero-order valence-electron chi connectivity index (χ0n) is 7.08. The highest BCUT2D eigenvalue weighted by Crippen LogP contribution is 2.21. The molecule has 68 valence electrons. The second-order valence-electron chi connectivity index (χ2n) is 2.52. The van der Waals surface area contributed by atoms with Gasteiger partial charge in [0.05, 0.1) is 11.7 Å². The molecule has 12 heavy (non-hydrogen) atoms. The Morgan fingerprint density at radius 2 is 2.42 bits per heavy atom. The van der Waals surface area contributed by atoms with Gasteiger partial charge in [0.2, 0.25) is 0 Å². The van der Waals surface area contributed by atoms with Crippen molar-refractivity contribution < 1.29 is 0 Å². The van der Waals surface area contributed by atoms with Gasteiger partial charge in [0, 0.05) is 7.05 Å². The van der Waals surface area contributed by atoms with Crippen LogP contribution in [-0.4, -0.2) is 15.0 Å². The van der Waals surface area contributed by atoms with Gasteiger partial charge in [0.25, 0.3) is 0 Å². The van der Waals surface area contributed by atoms with Crippen LogP contribution in [0.25, 0.3) is 0 Å². The third kappa shape index (κ3) is 1.65. The Kier molecular flexibility index (Phi) is 3.19. The zero-order valence-corrected chi connectivity index (χ0v) is 8.67. The molecule has 0 amide bonds. The second-order valence-corrected chi connectivity index (χ2v) is 3.27. The second kappa shape index (κ2) is 3.97. The Bertz CT molecular complexity index is 235. The number of hydrogen-bond acceptors (Lipinski definition) is 4.